The zero-order valence-corrected chi connectivity index (χ0v) is 15.9. The number of ether oxygens (including phenoxy) is 4. The van der Waals surface area contributed by atoms with Crippen molar-refractivity contribution in [2.24, 2.45) is 0 Å². The molecule has 0 saturated heterocycles. The molecular weight excluding hydrogens is 379 g/mol. The maximum absolute atomic E-state index is 12.0. The highest BCUT2D eigenvalue weighted by molar-refractivity contribution is 6.32. The number of rotatable bonds is 5. The van der Waals surface area contributed by atoms with Gasteiger partial charge in [-0.1, -0.05) is 23.2 Å². The van der Waals surface area contributed by atoms with E-state index in [2.05, 4.69) is 0 Å². The largest absolute Gasteiger partial charge is 0.486 e. The predicted octanol–water partition coefficient (Wildman–Crippen LogP) is 4.50. The SMILES string of the molecule is Cc1cc(Cl)cc(C)c1OCC(=O)OCc1cc(Cl)c2c(c1)OCCO2. The summed E-state index contributed by atoms with van der Waals surface area (Å²) in [4.78, 5) is 12.0. The van der Waals surface area contributed by atoms with Crippen molar-refractivity contribution >= 4 is 29.2 Å². The Bertz CT molecular complexity index is 812. The number of halogens is 2. The Labute approximate surface area is 161 Å². The van der Waals surface area contributed by atoms with Crippen molar-refractivity contribution in [3.05, 3.63) is 51.0 Å². The third-order valence-corrected chi connectivity index (χ3v) is 4.31. The summed E-state index contributed by atoms with van der Waals surface area (Å²) in [6.07, 6.45) is 0. The second-order valence-electron chi connectivity index (χ2n) is 5.92. The van der Waals surface area contributed by atoms with Crippen LogP contribution in [0.2, 0.25) is 10.0 Å². The highest BCUT2D eigenvalue weighted by Gasteiger charge is 2.17. The molecule has 0 unspecified atom stereocenters. The molecule has 1 heterocycles. The average Bonchev–Trinajstić information content (AvgIpc) is 2.59. The standard InChI is InChI=1S/C19H18Cl2O5/c1-11-5-14(20)6-12(2)18(11)26-10-17(22)25-9-13-7-15(21)19-16(8-13)23-3-4-24-19/h5-8H,3-4,9-10H2,1-2H3. The molecule has 0 atom stereocenters. The van der Waals surface area contributed by atoms with E-state index < -0.39 is 5.97 Å². The van der Waals surface area contributed by atoms with Gasteiger partial charge in [0.25, 0.3) is 0 Å². The van der Waals surface area contributed by atoms with E-state index in [-0.39, 0.29) is 13.2 Å². The molecule has 0 spiro atoms. The monoisotopic (exact) mass is 396 g/mol. The number of fused-ring (bicyclic) bond motifs is 1. The van der Waals surface area contributed by atoms with Gasteiger partial charge in [-0.25, -0.2) is 4.79 Å². The second kappa shape index (κ2) is 8.06. The molecular formula is C19H18Cl2O5. The van der Waals surface area contributed by atoms with Crippen LogP contribution in [0.5, 0.6) is 17.2 Å². The molecule has 0 bridgehead atoms. The van der Waals surface area contributed by atoms with Gasteiger partial charge in [-0.2, -0.15) is 0 Å². The van der Waals surface area contributed by atoms with E-state index in [1.807, 2.05) is 13.8 Å². The molecule has 2 aromatic rings. The summed E-state index contributed by atoms with van der Waals surface area (Å²) < 4.78 is 21.8. The first-order valence-corrected chi connectivity index (χ1v) is 8.83. The Hall–Kier alpha value is -2.11. The van der Waals surface area contributed by atoms with E-state index in [4.69, 9.17) is 42.1 Å². The van der Waals surface area contributed by atoms with Gasteiger partial charge >= 0.3 is 5.97 Å². The summed E-state index contributed by atoms with van der Waals surface area (Å²) in [5.41, 5.74) is 2.44. The maximum Gasteiger partial charge on any atom is 0.344 e. The number of carbonyl (C=O) groups is 1. The fourth-order valence-electron chi connectivity index (χ4n) is 2.71. The lowest BCUT2D eigenvalue weighted by Crippen LogP contribution is -2.17. The summed E-state index contributed by atoms with van der Waals surface area (Å²) >= 11 is 12.2. The topological polar surface area (TPSA) is 54.0 Å². The number of aryl methyl sites for hydroxylation is 2. The lowest BCUT2D eigenvalue weighted by atomic mass is 10.1. The first-order chi connectivity index (χ1) is 12.4. The molecule has 0 aliphatic carbocycles. The van der Waals surface area contributed by atoms with Crippen LogP contribution in [-0.4, -0.2) is 25.8 Å². The summed E-state index contributed by atoms with van der Waals surface area (Å²) in [7, 11) is 0. The van der Waals surface area contributed by atoms with Crippen molar-refractivity contribution in [1.29, 1.82) is 0 Å². The van der Waals surface area contributed by atoms with Gasteiger partial charge in [-0.15, -0.1) is 0 Å². The van der Waals surface area contributed by atoms with E-state index >= 15 is 0 Å². The van der Waals surface area contributed by atoms with Gasteiger partial charge in [0.15, 0.2) is 18.1 Å². The molecule has 0 saturated carbocycles. The molecule has 2 aromatic carbocycles. The minimum atomic E-state index is -0.482. The van der Waals surface area contributed by atoms with Crippen LogP contribution in [0.3, 0.4) is 0 Å². The Morgan fingerprint density at radius 1 is 1.08 bits per heavy atom. The minimum Gasteiger partial charge on any atom is -0.486 e. The van der Waals surface area contributed by atoms with Gasteiger partial charge in [0.1, 0.15) is 25.6 Å². The molecule has 1 aliphatic rings. The molecule has 0 N–H and O–H groups in total. The zero-order valence-electron chi connectivity index (χ0n) is 14.4. The Morgan fingerprint density at radius 3 is 2.50 bits per heavy atom. The van der Waals surface area contributed by atoms with Crippen molar-refractivity contribution in [2.45, 2.75) is 20.5 Å². The summed E-state index contributed by atoms with van der Waals surface area (Å²) in [6, 6.07) is 7.01. The number of esters is 1. The quantitative estimate of drug-likeness (QED) is 0.696. The number of carbonyl (C=O) groups excluding carboxylic acids is 1. The van der Waals surface area contributed by atoms with Crippen molar-refractivity contribution < 1.29 is 23.7 Å². The van der Waals surface area contributed by atoms with Crippen LogP contribution in [0.4, 0.5) is 0 Å². The molecule has 26 heavy (non-hydrogen) atoms. The fourth-order valence-corrected chi connectivity index (χ4v) is 3.32. The average molecular weight is 397 g/mol. The van der Waals surface area contributed by atoms with Crippen molar-refractivity contribution in [1.82, 2.24) is 0 Å². The molecule has 0 aromatic heterocycles. The normalized spacial score (nSPS) is 12.6. The van der Waals surface area contributed by atoms with Crippen molar-refractivity contribution in [3.63, 3.8) is 0 Å². The number of hydrogen-bond donors (Lipinski definition) is 0. The lowest BCUT2D eigenvalue weighted by molar-refractivity contribution is -0.147. The van der Waals surface area contributed by atoms with Gasteiger partial charge in [0.05, 0.1) is 5.02 Å². The Balaban J connectivity index is 1.57. The Morgan fingerprint density at radius 2 is 1.77 bits per heavy atom. The predicted molar refractivity (Wildman–Crippen MR) is 98.7 cm³/mol. The van der Waals surface area contributed by atoms with Gasteiger partial charge in [0, 0.05) is 5.02 Å². The second-order valence-corrected chi connectivity index (χ2v) is 6.76. The van der Waals surface area contributed by atoms with E-state index in [1.165, 1.54) is 0 Å². The molecule has 3 rings (SSSR count). The molecule has 1 aliphatic heterocycles. The minimum absolute atomic E-state index is 0.0666. The highest BCUT2D eigenvalue weighted by atomic mass is 35.5. The van der Waals surface area contributed by atoms with Crippen molar-refractivity contribution in [3.8, 4) is 17.2 Å². The van der Waals surface area contributed by atoms with Crippen molar-refractivity contribution in [2.75, 3.05) is 19.8 Å². The van der Waals surface area contributed by atoms with Crippen LogP contribution >= 0.6 is 23.2 Å². The number of benzene rings is 2. The van der Waals surface area contributed by atoms with Gasteiger partial charge in [-0.3, -0.25) is 0 Å². The third kappa shape index (κ3) is 4.34. The van der Waals surface area contributed by atoms with Crippen LogP contribution in [0.25, 0.3) is 0 Å². The molecule has 0 radical (unpaired) electrons. The lowest BCUT2D eigenvalue weighted by Gasteiger charge is -2.20. The van der Waals surface area contributed by atoms with Crippen LogP contribution in [0.1, 0.15) is 16.7 Å². The number of hydrogen-bond acceptors (Lipinski definition) is 5. The molecule has 0 fully saturated rings. The third-order valence-electron chi connectivity index (χ3n) is 3.82. The van der Waals surface area contributed by atoms with E-state index in [0.29, 0.717) is 46.1 Å². The highest BCUT2D eigenvalue weighted by Crippen LogP contribution is 2.38. The first kappa shape index (κ1) is 18.7. The van der Waals surface area contributed by atoms with Gasteiger partial charge in [-0.05, 0) is 54.8 Å². The molecule has 7 heteroatoms. The van der Waals surface area contributed by atoms with Crippen LogP contribution in [0, 0.1) is 13.8 Å². The Kier molecular flexibility index (Phi) is 5.79. The summed E-state index contributed by atoms with van der Waals surface area (Å²) in [6.45, 7) is 4.54. The zero-order chi connectivity index (χ0) is 18.7. The van der Waals surface area contributed by atoms with Crippen LogP contribution in [-0.2, 0) is 16.1 Å². The van der Waals surface area contributed by atoms with E-state index in [1.54, 1.807) is 24.3 Å². The fraction of sp³-hybridized carbons (Fsp3) is 0.316. The van der Waals surface area contributed by atoms with Crippen LogP contribution < -0.4 is 14.2 Å². The molecule has 0 amide bonds. The maximum atomic E-state index is 12.0. The first-order valence-electron chi connectivity index (χ1n) is 8.07. The summed E-state index contributed by atoms with van der Waals surface area (Å²) in [5, 5.41) is 1.06. The summed E-state index contributed by atoms with van der Waals surface area (Å²) in [5.74, 6) is 1.22. The van der Waals surface area contributed by atoms with Gasteiger partial charge in [0.2, 0.25) is 0 Å². The van der Waals surface area contributed by atoms with E-state index in [0.717, 1.165) is 11.1 Å². The van der Waals surface area contributed by atoms with E-state index in [9.17, 15) is 4.79 Å². The molecule has 5 nitrogen and oxygen atoms in total. The van der Waals surface area contributed by atoms with Crippen LogP contribution in [0.15, 0.2) is 24.3 Å². The van der Waals surface area contributed by atoms with Gasteiger partial charge < -0.3 is 18.9 Å². The molecule has 138 valence electrons. The smallest absolute Gasteiger partial charge is 0.344 e.